The summed E-state index contributed by atoms with van der Waals surface area (Å²) in [6, 6.07) is 6.43. The van der Waals surface area contributed by atoms with Gasteiger partial charge in [-0.2, -0.15) is 0 Å². The molecule has 2 aliphatic heterocycles. The monoisotopic (exact) mass is 427 g/mol. The number of hydrogen-bond donors (Lipinski definition) is 1. The second-order valence-electron chi connectivity index (χ2n) is 7.89. The summed E-state index contributed by atoms with van der Waals surface area (Å²) in [5.74, 6) is -0.515. The first-order chi connectivity index (χ1) is 13.2. The van der Waals surface area contributed by atoms with Gasteiger partial charge in [-0.05, 0) is 30.0 Å². The van der Waals surface area contributed by atoms with Crippen molar-refractivity contribution in [1.29, 1.82) is 0 Å². The lowest BCUT2D eigenvalue weighted by Gasteiger charge is -2.25. The number of amides is 2. The van der Waals surface area contributed by atoms with E-state index in [9.17, 15) is 18.0 Å². The number of rotatable bonds is 5. The van der Waals surface area contributed by atoms with Crippen molar-refractivity contribution in [2.24, 2.45) is 5.92 Å². The number of hydrogen-bond acceptors (Lipinski definition) is 5. The van der Waals surface area contributed by atoms with Gasteiger partial charge in [0.25, 0.3) is 5.91 Å². The first kappa shape index (κ1) is 21.1. The molecule has 2 amide bonds. The molecule has 7 nitrogen and oxygen atoms in total. The van der Waals surface area contributed by atoms with Crippen molar-refractivity contribution >= 4 is 33.4 Å². The molecule has 28 heavy (non-hydrogen) atoms. The predicted octanol–water partition coefficient (Wildman–Crippen LogP) is 1.27. The van der Waals surface area contributed by atoms with Crippen LogP contribution in [0.4, 0.5) is 0 Å². The average molecular weight is 428 g/mol. The average Bonchev–Trinajstić information content (AvgIpc) is 2.98. The van der Waals surface area contributed by atoms with E-state index in [1.54, 1.807) is 12.1 Å². The highest BCUT2D eigenvalue weighted by Crippen LogP contribution is 2.25. The molecule has 0 radical (unpaired) electrons. The van der Waals surface area contributed by atoms with Gasteiger partial charge in [-0.25, -0.2) is 12.7 Å². The zero-order valence-corrected chi connectivity index (χ0v) is 17.7. The van der Waals surface area contributed by atoms with E-state index in [0.717, 1.165) is 9.87 Å². The minimum absolute atomic E-state index is 0.0570. The third-order valence-electron chi connectivity index (χ3n) is 5.08. The second-order valence-corrected chi connectivity index (χ2v) is 10.3. The van der Waals surface area contributed by atoms with Gasteiger partial charge in [0.1, 0.15) is 0 Å². The van der Waals surface area contributed by atoms with Gasteiger partial charge in [0.2, 0.25) is 15.9 Å². The van der Waals surface area contributed by atoms with Crippen LogP contribution in [0.25, 0.3) is 0 Å². The summed E-state index contributed by atoms with van der Waals surface area (Å²) in [6.07, 6.45) is 0.662. The van der Waals surface area contributed by atoms with Gasteiger partial charge < -0.3 is 5.32 Å². The molecule has 0 aliphatic carbocycles. The van der Waals surface area contributed by atoms with E-state index < -0.39 is 16.1 Å². The van der Waals surface area contributed by atoms with Gasteiger partial charge >= 0.3 is 0 Å². The van der Waals surface area contributed by atoms with Crippen LogP contribution in [0, 0.1) is 5.92 Å². The largest absolute Gasteiger partial charge is 0.352 e. The van der Waals surface area contributed by atoms with Crippen LogP contribution in [0.5, 0.6) is 0 Å². The molecule has 2 heterocycles. The Bertz CT molecular complexity index is 841. The summed E-state index contributed by atoms with van der Waals surface area (Å²) < 4.78 is 26.0. The van der Waals surface area contributed by atoms with Crippen LogP contribution in [0.3, 0.4) is 0 Å². The molecule has 2 aliphatic rings. The molecule has 2 fully saturated rings. The lowest BCUT2D eigenvalue weighted by molar-refractivity contribution is -0.131. The molecule has 3 rings (SSSR count). The number of halogens is 1. The Morgan fingerprint density at radius 2 is 1.96 bits per heavy atom. The predicted molar refractivity (Wildman–Crippen MR) is 107 cm³/mol. The highest BCUT2D eigenvalue weighted by Gasteiger charge is 2.45. The van der Waals surface area contributed by atoms with E-state index in [1.807, 2.05) is 30.9 Å². The zero-order chi connectivity index (χ0) is 20.5. The number of fused-ring (bicyclic) bond motifs is 1. The van der Waals surface area contributed by atoms with Crippen molar-refractivity contribution in [3.8, 4) is 0 Å². The van der Waals surface area contributed by atoms with Gasteiger partial charge in [-0.15, -0.1) is 0 Å². The van der Waals surface area contributed by atoms with Crippen LogP contribution in [0.15, 0.2) is 24.3 Å². The molecule has 0 unspecified atom stereocenters. The first-order valence-electron chi connectivity index (χ1n) is 9.48. The van der Waals surface area contributed by atoms with Crippen molar-refractivity contribution in [1.82, 2.24) is 14.5 Å². The van der Waals surface area contributed by atoms with Crippen LogP contribution in [-0.4, -0.2) is 66.9 Å². The van der Waals surface area contributed by atoms with Gasteiger partial charge in [0, 0.05) is 30.7 Å². The summed E-state index contributed by atoms with van der Waals surface area (Å²) >= 11 is 5.86. The number of sulfonamides is 1. The molecule has 1 aromatic carbocycles. The molecular formula is C19H26ClN3O4S. The Kier molecular flexibility index (Phi) is 6.31. The highest BCUT2D eigenvalue weighted by molar-refractivity contribution is 7.89. The smallest absolute Gasteiger partial charge is 0.253 e. The second kappa shape index (κ2) is 8.39. The summed E-state index contributed by atoms with van der Waals surface area (Å²) in [5.41, 5.74) is 0.861. The summed E-state index contributed by atoms with van der Waals surface area (Å²) in [5, 5.41) is 3.60. The van der Waals surface area contributed by atoms with Crippen molar-refractivity contribution in [3.63, 3.8) is 0 Å². The third-order valence-corrected chi connectivity index (χ3v) is 7.03. The fraction of sp³-hybridized carbons (Fsp3) is 0.579. The van der Waals surface area contributed by atoms with E-state index in [-0.39, 0.29) is 42.5 Å². The molecule has 0 saturated carbocycles. The van der Waals surface area contributed by atoms with Gasteiger partial charge in [-0.1, -0.05) is 37.6 Å². The van der Waals surface area contributed by atoms with Gasteiger partial charge in [-0.3, -0.25) is 14.5 Å². The van der Waals surface area contributed by atoms with E-state index in [0.29, 0.717) is 24.5 Å². The van der Waals surface area contributed by atoms with Crippen LogP contribution in [0.2, 0.25) is 5.02 Å². The van der Waals surface area contributed by atoms with Crippen LogP contribution in [-0.2, 0) is 26.0 Å². The fourth-order valence-electron chi connectivity index (χ4n) is 3.76. The molecule has 2 atom stereocenters. The fourth-order valence-corrected chi connectivity index (χ4v) is 5.49. The Morgan fingerprint density at radius 3 is 2.61 bits per heavy atom. The maximum atomic E-state index is 12.9. The van der Waals surface area contributed by atoms with Crippen molar-refractivity contribution in [2.45, 2.75) is 38.8 Å². The third kappa shape index (κ3) is 4.85. The molecule has 154 valence electrons. The summed E-state index contributed by atoms with van der Waals surface area (Å²) in [4.78, 5) is 27.2. The Labute approximate surface area is 171 Å². The number of carbonyl (C=O) groups is 2. The van der Waals surface area contributed by atoms with Crippen molar-refractivity contribution in [3.05, 3.63) is 34.9 Å². The lowest BCUT2D eigenvalue weighted by Crippen LogP contribution is -2.45. The highest BCUT2D eigenvalue weighted by atomic mass is 35.5. The minimum Gasteiger partial charge on any atom is -0.352 e. The maximum Gasteiger partial charge on any atom is 0.253 e. The van der Waals surface area contributed by atoms with Gasteiger partial charge in [0.05, 0.1) is 18.2 Å². The topological polar surface area (TPSA) is 86.8 Å². The molecule has 0 spiro atoms. The quantitative estimate of drug-likeness (QED) is 0.764. The van der Waals surface area contributed by atoms with E-state index in [2.05, 4.69) is 5.32 Å². The maximum absolute atomic E-state index is 12.9. The Hall–Kier alpha value is -1.64. The Balaban J connectivity index is 1.64. The molecular weight excluding hydrogens is 402 g/mol. The Morgan fingerprint density at radius 1 is 1.29 bits per heavy atom. The zero-order valence-electron chi connectivity index (χ0n) is 16.1. The number of nitrogens with one attached hydrogen (secondary N) is 1. The molecule has 2 saturated heterocycles. The lowest BCUT2D eigenvalue weighted by atomic mass is 10.1. The molecule has 0 aromatic heterocycles. The molecule has 0 bridgehead atoms. The first-order valence-corrected chi connectivity index (χ1v) is 11.5. The SMILES string of the molecule is CC(C)CN1C(=O)[C@@H]2C[C@H](NC(=O)Cc3ccc(Cl)cc3)CN2CCS1(=O)=O. The number of nitrogens with zero attached hydrogens (tertiary/aromatic N) is 2. The van der Waals surface area contributed by atoms with Crippen LogP contribution in [0.1, 0.15) is 25.8 Å². The number of benzene rings is 1. The normalized spacial score (nSPS) is 24.9. The minimum atomic E-state index is -3.59. The number of carbonyl (C=O) groups excluding carboxylic acids is 2. The van der Waals surface area contributed by atoms with Gasteiger partial charge in [0.15, 0.2) is 0 Å². The molecule has 1 N–H and O–H groups in total. The summed E-state index contributed by atoms with van der Waals surface area (Å²) in [7, 11) is -3.59. The van der Waals surface area contributed by atoms with E-state index in [1.165, 1.54) is 0 Å². The van der Waals surface area contributed by atoms with E-state index in [4.69, 9.17) is 11.6 Å². The van der Waals surface area contributed by atoms with E-state index >= 15 is 0 Å². The summed E-state index contributed by atoms with van der Waals surface area (Å²) in [6.45, 7) is 4.75. The van der Waals surface area contributed by atoms with Crippen molar-refractivity contribution in [2.75, 3.05) is 25.4 Å². The van der Waals surface area contributed by atoms with Crippen LogP contribution < -0.4 is 5.32 Å². The van der Waals surface area contributed by atoms with Crippen LogP contribution >= 0.6 is 11.6 Å². The molecule has 1 aromatic rings. The van der Waals surface area contributed by atoms with Crippen molar-refractivity contribution < 1.29 is 18.0 Å². The molecule has 9 heteroatoms. The standard InChI is InChI=1S/C19H26ClN3O4S/c1-13(2)11-23-19(25)17-10-16(12-22(17)7-8-28(23,26)27)21-18(24)9-14-3-5-15(20)6-4-14/h3-6,13,16-17H,7-12H2,1-2H3,(H,21,24)/t16-,17-/m0/s1.